The van der Waals surface area contributed by atoms with Crippen LogP contribution < -0.4 is 5.32 Å². The molecule has 0 spiro atoms. The summed E-state index contributed by atoms with van der Waals surface area (Å²) in [5, 5.41) is 4.41. The number of hydrogen-bond donors (Lipinski definition) is 1. The topological polar surface area (TPSA) is 75.7 Å². The lowest BCUT2D eigenvalue weighted by atomic mass is 10.0. The van der Waals surface area contributed by atoms with E-state index in [1.54, 1.807) is 24.3 Å². The molecule has 0 aliphatic heterocycles. The van der Waals surface area contributed by atoms with Gasteiger partial charge >= 0.3 is 5.97 Å². The number of fused-ring (bicyclic) bond motifs is 1. The molecule has 3 rings (SSSR count). The van der Waals surface area contributed by atoms with Gasteiger partial charge in [0.25, 0.3) is 5.91 Å². The first-order chi connectivity index (χ1) is 14.3. The Morgan fingerprint density at radius 3 is 2.37 bits per heavy atom. The van der Waals surface area contributed by atoms with Crippen LogP contribution in [0.2, 0.25) is 0 Å². The van der Waals surface area contributed by atoms with Gasteiger partial charge in [0.05, 0.1) is 12.1 Å². The van der Waals surface area contributed by atoms with Crippen LogP contribution in [0.15, 0.2) is 66.7 Å². The van der Waals surface area contributed by atoms with Crippen LogP contribution in [0, 0.1) is 6.92 Å². The van der Waals surface area contributed by atoms with E-state index in [9.17, 15) is 14.4 Å². The molecule has 1 N–H and O–H groups in total. The lowest BCUT2D eigenvalue weighted by molar-refractivity contribution is -0.140. The number of carbonyl (C=O) groups excluding carboxylic acids is 3. The van der Waals surface area contributed by atoms with Crippen LogP contribution in [0.25, 0.3) is 10.8 Å². The number of ether oxygens (including phenoxy) is 1. The molecule has 0 heterocycles. The van der Waals surface area contributed by atoms with Gasteiger partial charge in [0.2, 0.25) is 5.91 Å². The molecule has 0 aromatic heterocycles. The van der Waals surface area contributed by atoms with Crippen molar-refractivity contribution >= 4 is 34.2 Å². The maximum atomic E-state index is 12.6. The standard InChI is InChI=1S/C24H24N2O4/c1-16-11-13-19(14-12-16)25-22(27)15-26(3)23(28)17(2)30-24(29)21-10-6-8-18-7-4-5-9-20(18)21/h4-14,17H,15H2,1-3H3,(H,25,27)/t17-/m1/s1. The van der Waals surface area contributed by atoms with Crippen LogP contribution in [-0.4, -0.2) is 42.4 Å². The average Bonchev–Trinajstić information content (AvgIpc) is 2.74. The third kappa shape index (κ3) is 5.03. The number of nitrogens with zero attached hydrogens (tertiary/aromatic N) is 1. The van der Waals surface area contributed by atoms with E-state index in [2.05, 4.69) is 5.32 Å². The summed E-state index contributed by atoms with van der Waals surface area (Å²) < 4.78 is 5.38. The minimum Gasteiger partial charge on any atom is -0.449 e. The molecule has 0 bridgehead atoms. The van der Waals surface area contributed by atoms with Crippen molar-refractivity contribution in [2.24, 2.45) is 0 Å². The molecule has 0 saturated heterocycles. The Bertz CT molecular complexity index is 1070. The van der Waals surface area contributed by atoms with Gasteiger partial charge in [0.1, 0.15) is 0 Å². The molecule has 0 saturated carbocycles. The minimum atomic E-state index is -1.02. The Morgan fingerprint density at radius 2 is 1.63 bits per heavy atom. The molecule has 0 fully saturated rings. The number of likely N-dealkylation sites (N-methyl/N-ethyl adjacent to an activating group) is 1. The average molecular weight is 404 g/mol. The van der Waals surface area contributed by atoms with E-state index in [-0.39, 0.29) is 12.5 Å². The highest BCUT2D eigenvalue weighted by Gasteiger charge is 2.24. The van der Waals surface area contributed by atoms with Crippen molar-refractivity contribution in [1.82, 2.24) is 4.90 Å². The van der Waals surface area contributed by atoms with Crippen molar-refractivity contribution in [2.45, 2.75) is 20.0 Å². The molecule has 6 nitrogen and oxygen atoms in total. The van der Waals surface area contributed by atoms with Crippen molar-refractivity contribution in [3.05, 3.63) is 77.9 Å². The number of hydrogen-bond acceptors (Lipinski definition) is 4. The van der Waals surface area contributed by atoms with E-state index in [0.717, 1.165) is 16.3 Å². The van der Waals surface area contributed by atoms with Crippen molar-refractivity contribution < 1.29 is 19.1 Å². The van der Waals surface area contributed by atoms with Gasteiger partial charge < -0.3 is 15.0 Å². The van der Waals surface area contributed by atoms with E-state index < -0.39 is 18.0 Å². The van der Waals surface area contributed by atoms with Crippen LogP contribution in [-0.2, 0) is 14.3 Å². The summed E-state index contributed by atoms with van der Waals surface area (Å²) in [5.41, 5.74) is 2.14. The third-order valence-corrected chi connectivity index (χ3v) is 4.73. The number of rotatable bonds is 6. The molecule has 0 aliphatic carbocycles. The number of benzene rings is 3. The molecule has 6 heteroatoms. The normalized spacial score (nSPS) is 11.6. The summed E-state index contributed by atoms with van der Waals surface area (Å²) in [6, 6.07) is 20.2. The third-order valence-electron chi connectivity index (χ3n) is 4.73. The van der Waals surface area contributed by atoms with E-state index in [1.165, 1.54) is 18.9 Å². The zero-order valence-corrected chi connectivity index (χ0v) is 17.2. The van der Waals surface area contributed by atoms with Crippen LogP contribution in [0.1, 0.15) is 22.8 Å². The summed E-state index contributed by atoms with van der Waals surface area (Å²) >= 11 is 0. The molecule has 154 valence electrons. The molecule has 3 aromatic carbocycles. The van der Waals surface area contributed by atoms with Crippen LogP contribution >= 0.6 is 0 Å². The van der Waals surface area contributed by atoms with Gasteiger partial charge in [0.15, 0.2) is 6.10 Å². The number of esters is 1. The number of carbonyl (C=O) groups is 3. The first-order valence-corrected chi connectivity index (χ1v) is 9.65. The number of nitrogens with one attached hydrogen (secondary N) is 1. The summed E-state index contributed by atoms with van der Waals surface area (Å²) in [5.74, 6) is -1.37. The molecule has 30 heavy (non-hydrogen) atoms. The van der Waals surface area contributed by atoms with E-state index in [0.29, 0.717) is 11.3 Å². The Hall–Kier alpha value is -3.67. The number of amides is 2. The minimum absolute atomic E-state index is 0.150. The Balaban J connectivity index is 1.59. The van der Waals surface area contributed by atoms with Gasteiger partial charge in [-0.05, 0) is 42.8 Å². The molecule has 1 atom stereocenters. The van der Waals surface area contributed by atoms with Gasteiger partial charge in [-0.1, -0.05) is 54.1 Å². The van der Waals surface area contributed by atoms with E-state index in [4.69, 9.17) is 4.74 Å². The fourth-order valence-corrected chi connectivity index (χ4v) is 3.12. The summed E-state index contributed by atoms with van der Waals surface area (Å²) in [4.78, 5) is 38.6. The Morgan fingerprint density at radius 1 is 0.967 bits per heavy atom. The summed E-state index contributed by atoms with van der Waals surface area (Å²) in [6.07, 6.45) is -1.02. The van der Waals surface area contributed by atoms with Crippen LogP contribution in [0.4, 0.5) is 5.69 Å². The zero-order valence-electron chi connectivity index (χ0n) is 17.2. The highest BCUT2D eigenvalue weighted by Crippen LogP contribution is 2.20. The van der Waals surface area contributed by atoms with Crippen LogP contribution in [0.3, 0.4) is 0 Å². The van der Waals surface area contributed by atoms with Crippen molar-refractivity contribution in [3.8, 4) is 0 Å². The Kier molecular flexibility index (Phi) is 6.47. The SMILES string of the molecule is Cc1ccc(NC(=O)CN(C)C(=O)[C@@H](C)OC(=O)c2cccc3ccccc23)cc1. The second kappa shape index (κ2) is 9.22. The lowest BCUT2D eigenvalue weighted by Gasteiger charge is -2.21. The fraction of sp³-hybridized carbons (Fsp3) is 0.208. The predicted octanol–water partition coefficient (Wildman–Crippen LogP) is 3.79. The van der Waals surface area contributed by atoms with Gasteiger partial charge in [0, 0.05) is 12.7 Å². The van der Waals surface area contributed by atoms with Gasteiger partial charge in [-0.2, -0.15) is 0 Å². The Labute approximate surface area is 175 Å². The van der Waals surface area contributed by atoms with Crippen LogP contribution in [0.5, 0.6) is 0 Å². The second-order valence-electron chi connectivity index (χ2n) is 7.18. The van der Waals surface area contributed by atoms with Crippen molar-refractivity contribution in [2.75, 3.05) is 18.9 Å². The number of anilines is 1. The highest BCUT2D eigenvalue weighted by molar-refractivity contribution is 6.05. The van der Waals surface area contributed by atoms with E-state index >= 15 is 0 Å². The molecule has 0 radical (unpaired) electrons. The van der Waals surface area contributed by atoms with Gasteiger partial charge in [-0.25, -0.2) is 4.79 Å². The molecule has 3 aromatic rings. The highest BCUT2D eigenvalue weighted by atomic mass is 16.5. The fourth-order valence-electron chi connectivity index (χ4n) is 3.12. The smallest absolute Gasteiger partial charge is 0.339 e. The maximum Gasteiger partial charge on any atom is 0.339 e. The van der Waals surface area contributed by atoms with Gasteiger partial charge in [-0.3, -0.25) is 9.59 Å². The summed E-state index contributed by atoms with van der Waals surface area (Å²) in [7, 11) is 1.50. The maximum absolute atomic E-state index is 12.6. The molecule has 0 unspecified atom stereocenters. The summed E-state index contributed by atoms with van der Waals surface area (Å²) in [6.45, 7) is 3.31. The molecule has 0 aliphatic rings. The van der Waals surface area contributed by atoms with Crippen molar-refractivity contribution in [3.63, 3.8) is 0 Å². The van der Waals surface area contributed by atoms with Crippen molar-refractivity contribution in [1.29, 1.82) is 0 Å². The first-order valence-electron chi connectivity index (χ1n) is 9.65. The molecular weight excluding hydrogens is 380 g/mol. The first kappa shape index (κ1) is 21.0. The van der Waals surface area contributed by atoms with Gasteiger partial charge in [-0.15, -0.1) is 0 Å². The number of aryl methyl sites for hydroxylation is 1. The lowest BCUT2D eigenvalue weighted by Crippen LogP contribution is -2.41. The van der Waals surface area contributed by atoms with E-state index in [1.807, 2.05) is 49.4 Å². The monoisotopic (exact) mass is 404 g/mol. The second-order valence-corrected chi connectivity index (χ2v) is 7.18. The molecule has 2 amide bonds. The predicted molar refractivity (Wildman–Crippen MR) is 116 cm³/mol. The quantitative estimate of drug-likeness (QED) is 0.634. The molecular formula is C24H24N2O4. The largest absolute Gasteiger partial charge is 0.449 e. The zero-order chi connectivity index (χ0) is 21.7.